The molecule has 0 unspecified atom stereocenters. The number of nitrogens with zero attached hydrogens (tertiary/aromatic N) is 1. The van der Waals surface area contributed by atoms with Crippen molar-refractivity contribution in [1.29, 1.82) is 0 Å². The number of methoxy groups -OCH3 is 1. The minimum absolute atomic E-state index is 0.0459. The van der Waals surface area contributed by atoms with Gasteiger partial charge in [0, 0.05) is 5.56 Å². The van der Waals surface area contributed by atoms with Gasteiger partial charge in [0.05, 0.1) is 13.5 Å². The maximum Gasteiger partial charge on any atom is 0.203 e. The fourth-order valence-corrected chi connectivity index (χ4v) is 2.03. The second kappa shape index (κ2) is 5.17. The molecule has 0 spiro atoms. The molecule has 0 atom stereocenters. The van der Waals surface area contributed by atoms with Gasteiger partial charge in [-0.1, -0.05) is 24.3 Å². The Morgan fingerprint density at radius 1 is 1.20 bits per heavy atom. The van der Waals surface area contributed by atoms with Crippen LogP contribution in [-0.2, 0) is 6.42 Å². The average molecular weight is 267 g/mol. The lowest BCUT2D eigenvalue weighted by molar-refractivity contribution is 0.0985. The van der Waals surface area contributed by atoms with E-state index < -0.39 is 0 Å². The van der Waals surface area contributed by atoms with Crippen molar-refractivity contribution < 1.29 is 13.9 Å². The van der Waals surface area contributed by atoms with Crippen molar-refractivity contribution in [2.75, 3.05) is 7.11 Å². The maximum atomic E-state index is 12.2. The Morgan fingerprint density at radius 2 is 2.05 bits per heavy atom. The van der Waals surface area contributed by atoms with Gasteiger partial charge < -0.3 is 9.15 Å². The van der Waals surface area contributed by atoms with E-state index in [1.54, 1.807) is 31.4 Å². The van der Waals surface area contributed by atoms with E-state index in [-0.39, 0.29) is 12.2 Å². The maximum absolute atomic E-state index is 12.2. The fourth-order valence-electron chi connectivity index (χ4n) is 2.03. The molecule has 3 rings (SSSR count). The first kappa shape index (κ1) is 12.4. The lowest BCUT2D eigenvalue weighted by Crippen LogP contribution is -2.03. The van der Waals surface area contributed by atoms with Gasteiger partial charge in [-0.05, 0) is 24.3 Å². The molecule has 4 nitrogen and oxygen atoms in total. The first-order valence-electron chi connectivity index (χ1n) is 6.28. The van der Waals surface area contributed by atoms with Gasteiger partial charge in [-0.15, -0.1) is 0 Å². The molecular weight excluding hydrogens is 254 g/mol. The van der Waals surface area contributed by atoms with Crippen LogP contribution in [0.5, 0.6) is 5.75 Å². The van der Waals surface area contributed by atoms with E-state index in [9.17, 15) is 4.79 Å². The van der Waals surface area contributed by atoms with E-state index in [2.05, 4.69) is 4.98 Å². The molecule has 0 aliphatic heterocycles. The number of benzene rings is 2. The van der Waals surface area contributed by atoms with Crippen LogP contribution in [0.15, 0.2) is 52.9 Å². The molecule has 1 heterocycles. The van der Waals surface area contributed by atoms with E-state index in [4.69, 9.17) is 9.15 Å². The highest BCUT2D eigenvalue weighted by molar-refractivity contribution is 5.97. The smallest absolute Gasteiger partial charge is 0.203 e. The quantitative estimate of drug-likeness (QED) is 0.681. The molecular formula is C16H13NO3. The number of carbonyl (C=O) groups is 1. The van der Waals surface area contributed by atoms with Crippen LogP contribution in [0.4, 0.5) is 0 Å². The summed E-state index contributed by atoms with van der Waals surface area (Å²) in [5, 5.41) is 0. The molecule has 0 amide bonds. The van der Waals surface area contributed by atoms with E-state index in [0.717, 1.165) is 5.52 Å². The van der Waals surface area contributed by atoms with Crippen molar-refractivity contribution >= 4 is 16.9 Å². The molecule has 0 aliphatic carbocycles. The zero-order chi connectivity index (χ0) is 13.9. The lowest BCUT2D eigenvalue weighted by atomic mass is 10.1. The van der Waals surface area contributed by atoms with Crippen molar-refractivity contribution in [3.8, 4) is 5.75 Å². The second-order valence-electron chi connectivity index (χ2n) is 4.41. The highest BCUT2D eigenvalue weighted by atomic mass is 16.5. The van der Waals surface area contributed by atoms with E-state index in [0.29, 0.717) is 22.8 Å². The number of fused-ring (bicyclic) bond motifs is 1. The Bertz CT molecular complexity index is 728. The number of para-hydroxylation sites is 2. The van der Waals surface area contributed by atoms with Gasteiger partial charge in [0.2, 0.25) is 5.89 Å². The normalized spacial score (nSPS) is 10.7. The number of carbonyl (C=O) groups excluding carboxylic acids is 1. The van der Waals surface area contributed by atoms with Gasteiger partial charge in [0.25, 0.3) is 0 Å². The summed E-state index contributed by atoms with van der Waals surface area (Å²) in [7, 11) is 1.57. The van der Waals surface area contributed by atoms with Crippen LogP contribution in [0.1, 0.15) is 16.2 Å². The molecule has 4 heteroatoms. The molecule has 0 bridgehead atoms. The lowest BCUT2D eigenvalue weighted by Gasteiger charge is -2.02. The summed E-state index contributed by atoms with van der Waals surface area (Å²) in [6, 6.07) is 14.5. The average Bonchev–Trinajstić information content (AvgIpc) is 2.89. The summed E-state index contributed by atoms with van der Waals surface area (Å²) >= 11 is 0. The van der Waals surface area contributed by atoms with Crippen molar-refractivity contribution in [3.63, 3.8) is 0 Å². The number of oxazole rings is 1. The second-order valence-corrected chi connectivity index (χ2v) is 4.41. The summed E-state index contributed by atoms with van der Waals surface area (Å²) in [6.45, 7) is 0. The van der Waals surface area contributed by atoms with Crippen molar-refractivity contribution in [3.05, 3.63) is 60.0 Å². The monoisotopic (exact) mass is 267 g/mol. The van der Waals surface area contributed by atoms with Crippen LogP contribution in [0, 0.1) is 0 Å². The van der Waals surface area contributed by atoms with Crippen molar-refractivity contribution in [2.45, 2.75) is 6.42 Å². The molecule has 0 radical (unpaired) electrons. The van der Waals surface area contributed by atoms with Crippen LogP contribution < -0.4 is 4.74 Å². The van der Waals surface area contributed by atoms with Crippen molar-refractivity contribution in [2.24, 2.45) is 0 Å². The predicted molar refractivity (Wildman–Crippen MR) is 75.0 cm³/mol. The van der Waals surface area contributed by atoms with Gasteiger partial charge in [-0.3, -0.25) is 4.79 Å². The predicted octanol–water partition coefficient (Wildman–Crippen LogP) is 3.26. The molecule has 20 heavy (non-hydrogen) atoms. The molecule has 0 fully saturated rings. The van der Waals surface area contributed by atoms with E-state index in [1.807, 2.05) is 24.3 Å². The van der Waals surface area contributed by atoms with Crippen LogP contribution in [0.2, 0.25) is 0 Å². The number of hydrogen-bond donors (Lipinski definition) is 0. The van der Waals surface area contributed by atoms with Crippen molar-refractivity contribution in [1.82, 2.24) is 4.98 Å². The fraction of sp³-hybridized carbons (Fsp3) is 0.125. The number of Topliss-reactive ketones (excluding diaryl/α,β-unsaturated/α-hetero) is 1. The minimum atomic E-state index is -0.0459. The minimum Gasteiger partial charge on any atom is -0.497 e. The standard InChI is InChI=1S/C16H13NO3/c1-19-12-6-4-5-11(9-12)14(18)10-16-17-13-7-2-3-8-15(13)20-16/h2-9H,10H2,1H3. The van der Waals surface area contributed by atoms with Crippen LogP contribution >= 0.6 is 0 Å². The first-order chi connectivity index (χ1) is 9.76. The SMILES string of the molecule is COc1cccc(C(=O)Cc2nc3ccccc3o2)c1. The number of rotatable bonds is 4. The molecule has 3 aromatic rings. The Hall–Kier alpha value is -2.62. The van der Waals surface area contributed by atoms with Crippen LogP contribution in [0.3, 0.4) is 0 Å². The van der Waals surface area contributed by atoms with Gasteiger partial charge >= 0.3 is 0 Å². The van der Waals surface area contributed by atoms with Gasteiger partial charge in [0.15, 0.2) is 11.4 Å². The zero-order valence-corrected chi connectivity index (χ0v) is 11.0. The van der Waals surface area contributed by atoms with Gasteiger partial charge in [-0.25, -0.2) is 4.98 Å². The Morgan fingerprint density at radius 3 is 2.85 bits per heavy atom. The number of ether oxygens (including phenoxy) is 1. The largest absolute Gasteiger partial charge is 0.497 e. The molecule has 0 N–H and O–H groups in total. The Balaban J connectivity index is 1.84. The summed E-state index contributed by atoms with van der Waals surface area (Å²) in [5.74, 6) is 1.04. The summed E-state index contributed by atoms with van der Waals surface area (Å²) in [4.78, 5) is 16.5. The topological polar surface area (TPSA) is 52.3 Å². The third kappa shape index (κ3) is 2.40. The molecule has 0 saturated heterocycles. The number of aromatic nitrogens is 1. The third-order valence-corrected chi connectivity index (χ3v) is 3.04. The molecule has 0 aliphatic rings. The first-order valence-corrected chi connectivity index (χ1v) is 6.28. The van der Waals surface area contributed by atoms with Crippen LogP contribution in [0.25, 0.3) is 11.1 Å². The third-order valence-electron chi connectivity index (χ3n) is 3.04. The number of ketones is 1. The van der Waals surface area contributed by atoms with Gasteiger partial charge in [0.1, 0.15) is 11.3 Å². The highest BCUT2D eigenvalue weighted by Crippen LogP contribution is 2.18. The summed E-state index contributed by atoms with van der Waals surface area (Å²) in [5.41, 5.74) is 2.05. The number of hydrogen-bond acceptors (Lipinski definition) is 4. The molecule has 100 valence electrons. The zero-order valence-electron chi connectivity index (χ0n) is 11.0. The molecule has 2 aromatic carbocycles. The highest BCUT2D eigenvalue weighted by Gasteiger charge is 2.12. The van der Waals surface area contributed by atoms with Gasteiger partial charge in [-0.2, -0.15) is 0 Å². The Labute approximate surface area is 116 Å². The molecule has 0 saturated carbocycles. The summed E-state index contributed by atoms with van der Waals surface area (Å²) in [6.07, 6.45) is 0.141. The molecule has 1 aromatic heterocycles. The Kier molecular flexibility index (Phi) is 3.21. The van der Waals surface area contributed by atoms with E-state index >= 15 is 0 Å². The van der Waals surface area contributed by atoms with E-state index in [1.165, 1.54) is 0 Å². The summed E-state index contributed by atoms with van der Waals surface area (Å²) < 4.78 is 10.7. The van der Waals surface area contributed by atoms with Crippen LogP contribution in [-0.4, -0.2) is 17.9 Å².